The molecule has 0 saturated heterocycles. The Bertz CT molecular complexity index is 417. The van der Waals surface area contributed by atoms with Crippen LogP contribution in [-0.4, -0.2) is 11.1 Å². The number of alkyl halides is 3. The van der Waals surface area contributed by atoms with Gasteiger partial charge >= 0.3 is 12.1 Å². The van der Waals surface area contributed by atoms with Gasteiger partial charge in [-0.2, -0.15) is 13.2 Å². The Labute approximate surface area is 90.8 Å². The SMILES string of the molecule is Nc1ccc(C(F)(F)F)c(Br)c1C(=O)O. The number of aromatic carboxylic acids is 1. The molecular formula is C8H5BrF3NO2. The number of carbonyl (C=O) groups is 1. The second-order valence-electron chi connectivity index (χ2n) is 2.69. The monoisotopic (exact) mass is 283 g/mol. The average Bonchev–Trinajstić information content (AvgIpc) is 2.00. The van der Waals surface area contributed by atoms with E-state index in [1.54, 1.807) is 0 Å². The molecule has 0 spiro atoms. The number of carboxylic acids is 1. The summed E-state index contributed by atoms with van der Waals surface area (Å²) in [7, 11) is 0. The summed E-state index contributed by atoms with van der Waals surface area (Å²) in [6.07, 6.45) is -4.61. The molecule has 3 N–H and O–H groups in total. The second-order valence-corrected chi connectivity index (χ2v) is 3.49. The third-order valence-electron chi connectivity index (χ3n) is 1.69. The van der Waals surface area contributed by atoms with Gasteiger partial charge in [-0.15, -0.1) is 0 Å². The van der Waals surface area contributed by atoms with Gasteiger partial charge in [0.15, 0.2) is 0 Å². The minimum absolute atomic E-state index is 0.220. The maximum atomic E-state index is 12.4. The van der Waals surface area contributed by atoms with Gasteiger partial charge in [0.05, 0.1) is 11.1 Å². The predicted octanol–water partition coefficient (Wildman–Crippen LogP) is 2.75. The lowest BCUT2D eigenvalue weighted by molar-refractivity contribution is -0.138. The number of hydrogen-bond donors (Lipinski definition) is 2. The molecule has 0 aliphatic rings. The summed E-state index contributed by atoms with van der Waals surface area (Å²) in [5.74, 6) is -1.51. The highest BCUT2D eigenvalue weighted by Crippen LogP contribution is 2.38. The molecule has 0 aliphatic heterocycles. The Hall–Kier alpha value is -1.24. The third-order valence-corrected chi connectivity index (χ3v) is 2.52. The summed E-state index contributed by atoms with van der Waals surface area (Å²) in [6, 6.07) is 1.64. The molecule has 1 aromatic rings. The van der Waals surface area contributed by atoms with Crippen LogP contribution in [0.15, 0.2) is 16.6 Å². The first-order chi connectivity index (χ1) is 6.75. The van der Waals surface area contributed by atoms with Crippen molar-refractivity contribution in [2.75, 3.05) is 5.73 Å². The van der Waals surface area contributed by atoms with E-state index >= 15 is 0 Å². The van der Waals surface area contributed by atoms with E-state index < -0.39 is 27.7 Å². The predicted molar refractivity (Wildman–Crippen MR) is 50.5 cm³/mol. The van der Waals surface area contributed by atoms with Crippen molar-refractivity contribution in [3.8, 4) is 0 Å². The fourth-order valence-corrected chi connectivity index (χ4v) is 1.78. The largest absolute Gasteiger partial charge is 0.478 e. The standard InChI is InChI=1S/C8H5BrF3NO2/c9-6-3(8(10,11)12)1-2-4(13)5(6)7(14)15/h1-2H,13H2,(H,14,15). The van der Waals surface area contributed by atoms with Gasteiger partial charge in [-0.3, -0.25) is 0 Å². The van der Waals surface area contributed by atoms with Crippen LogP contribution in [0.3, 0.4) is 0 Å². The van der Waals surface area contributed by atoms with E-state index in [4.69, 9.17) is 10.8 Å². The van der Waals surface area contributed by atoms with Crippen LogP contribution in [0.5, 0.6) is 0 Å². The van der Waals surface area contributed by atoms with Gasteiger partial charge < -0.3 is 10.8 Å². The van der Waals surface area contributed by atoms with Gasteiger partial charge in [-0.05, 0) is 28.1 Å². The van der Waals surface area contributed by atoms with E-state index in [-0.39, 0.29) is 5.69 Å². The molecule has 0 radical (unpaired) electrons. The molecule has 15 heavy (non-hydrogen) atoms. The number of hydrogen-bond acceptors (Lipinski definition) is 2. The molecule has 82 valence electrons. The summed E-state index contributed by atoms with van der Waals surface area (Å²) < 4.78 is 36.5. The van der Waals surface area contributed by atoms with Crippen LogP contribution in [-0.2, 0) is 6.18 Å². The van der Waals surface area contributed by atoms with Crippen LogP contribution in [0.25, 0.3) is 0 Å². The number of rotatable bonds is 1. The van der Waals surface area contributed by atoms with Crippen molar-refractivity contribution in [3.63, 3.8) is 0 Å². The minimum Gasteiger partial charge on any atom is -0.478 e. The zero-order valence-corrected chi connectivity index (χ0v) is 8.69. The molecule has 0 unspecified atom stereocenters. The van der Waals surface area contributed by atoms with Crippen molar-refractivity contribution in [2.24, 2.45) is 0 Å². The Morgan fingerprint density at radius 2 is 1.93 bits per heavy atom. The second kappa shape index (κ2) is 3.73. The van der Waals surface area contributed by atoms with Crippen molar-refractivity contribution in [2.45, 2.75) is 6.18 Å². The lowest BCUT2D eigenvalue weighted by Gasteiger charge is -2.12. The first-order valence-electron chi connectivity index (χ1n) is 3.63. The van der Waals surface area contributed by atoms with E-state index in [0.29, 0.717) is 0 Å². The van der Waals surface area contributed by atoms with Crippen LogP contribution in [0.4, 0.5) is 18.9 Å². The molecule has 0 saturated carbocycles. The minimum atomic E-state index is -4.61. The van der Waals surface area contributed by atoms with Crippen molar-refractivity contribution < 1.29 is 23.1 Å². The molecule has 0 heterocycles. The van der Waals surface area contributed by atoms with Gasteiger partial charge in [-0.1, -0.05) is 0 Å². The third kappa shape index (κ3) is 2.23. The van der Waals surface area contributed by atoms with Crippen LogP contribution in [0.2, 0.25) is 0 Å². The summed E-state index contributed by atoms with van der Waals surface area (Å²) >= 11 is 2.59. The smallest absolute Gasteiger partial charge is 0.417 e. The van der Waals surface area contributed by atoms with Crippen molar-refractivity contribution in [1.29, 1.82) is 0 Å². The van der Waals surface area contributed by atoms with Crippen LogP contribution in [0, 0.1) is 0 Å². The highest BCUT2D eigenvalue weighted by Gasteiger charge is 2.35. The molecule has 0 bridgehead atoms. The first-order valence-corrected chi connectivity index (χ1v) is 4.43. The van der Waals surface area contributed by atoms with Crippen LogP contribution in [0.1, 0.15) is 15.9 Å². The molecule has 0 atom stereocenters. The fourth-order valence-electron chi connectivity index (χ4n) is 1.03. The topological polar surface area (TPSA) is 63.3 Å². The summed E-state index contributed by atoms with van der Waals surface area (Å²) in [5, 5.41) is 8.66. The summed E-state index contributed by atoms with van der Waals surface area (Å²) in [5.41, 5.74) is 3.40. The number of carboxylic acid groups (broad SMARTS) is 1. The van der Waals surface area contributed by atoms with E-state index in [2.05, 4.69) is 15.9 Å². The van der Waals surface area contributed by atoms with E-state index in [1.807, 2.05) is 0 Å². The molecular weight excluding hydrogens is 279 g/mol. The molecule has 1 aromatic carbocycles. The molecule has 0 aliphatic carbocycles. The van der Waals surface area contributed by atoms with E-state index in [0.717, 1.165) is 12.1 Å². The van der Waals surface area contributed by atoms with E-state index in [9.17, 15) is 18.0 Å². The van der Waals surface area contributed by atoms with Gasteiger partial charge in [-0.25, -0.2) is 4.79 Å². The number of benzene rings is 1. The number of nitrogen functional groups attached to an aromatic ring is 1. The van der Waals surface area contributed by atoms with E-state index in [1.165, 1.54) is 0 Å². The number of halogens is 4. The number of anilines is 1. The quantitative estimate of drug-likeness (QED) is 0.779. The highest BCUT2D eigenvalue weighted by atomic mass is 79.9. The van der Waals surface area contributed by atoms with Gasteiger partial charge in [0, 0.05) is 10.2 Å². The fraction of sp³-hybridized carbons (Fsp3) is 0.125. The molecule has 0 amide bonds. The summed E-state index contributed by atoms with van der Waals surface area (Å²) in [4.78, 5) is 10.6. The Balaban J connectivity index is 3.49. The Kier molecular flexibility index (Phi) is 2.94. The van der Waals surface area contributed by atoms with Crippen molar-refractivity contribution >= 4 is 27.6 Å². The van der Waals surface area contributed by atoms with Gasteiger partial charge in [0.1, 0.15) is 0 Å². The Morgan fingerprint density at radius 1 is 1.40 bits per heavy atom. The van der Waals surface area contributed by atoms with Crippen molar-refractivity contribution in [3.05, 3.63) is 27.7 Å². The molecule has 0 fully saturated rings. The number of nitrogens with two attached hydrogens (primary N) is 1. The Morgan fingerprint density at radius 3 is 2.33 bits per heavy atom. The average molecular weight is 284 g/mol. The lowest BCUT2D eigenvalue weighted by atomic mass is 10.1. The summed E-state index contributed by atoms with van der Waals surface area (Å²) in [6.45, 7) is 0. The van der Waals surface area contributed by atoms with Crippen LogP contribution < -0.4 is 5.73 Å². The molecule has 0 aromatic heterocycles. The molecule has 3 nitrogen and oxygen atoms in total. The molecule has 7 heteroatoms. The highest BCUT2D eigenvalue weighted by molar-refractivity contribution is 9.10. The first kappa shape index (κ1) is 11.8. The zero-order chi connectivity index (χ0) is 11.8. The van der Waals surface area contributed by atoms with Crippen LogP contribution >= 0.6 is 15.9 Å². The zero-order valence-electron chi connectivity index (χ0n) is 7.10. The maximum Gasteiger partial charge on any atom is 0.417 e. The lowest BCUT2D eigenvalue weighted by Crippen LogP contribution is -2.11. The maximum absolute atomic E-state index is 12.4. The molecule has 1 rings (SSSR count). The van der Waals surface area contributed by atoms with Gasteiger partial charge in [0.25, 0.3) is 0 Å². The van der Waals surface area contributed by atoms with Crippen molar-refractivity contribution in [1.82, 2.24) is 0 Å². The van der Waals surface area contributed by atoms with Gasteiger partial charge in [0.2, 0.25) is 0 Å². The normalized spacial score (nSPS) is 11.5.